The molecule has 0 aliphatic heterocycles. The Kier molecular flexibility index (Phi) is 9.36. The van der Waals surface area contributed by atoms with Crippen LogP contribution >= 0.6 is 19.6 Å². The molecular weight excluding hydrogens is 568 g/mol. The molecule has 2 aromatic carbocycles. The number of nitrogens with zero attached hydrogens (tertiary/aromatic N) is 4. The van der Waals surface area contributed by atoms with Crippen LogP contribution in [-0.4, -0.2) is 25.2 Å². The molecular formula is C24H20FN5O6PS2+. The number of rotatable bonds is 12. The van der Waals surface area contributed by atoms with E-state index < -0.39 is 34.7 Å². The van der Waals surface area contributed by atoms with Crippen molar-refractivity contribution < 1.29 is 36.1 Å². The van der Waals surface area contributed by atoms with Crippen molar-refractivity contribution in [1.29, 1.82) is 5.26 Å². The molecule has 0 spiro atoms. The van der Waals surface area contributed by atoms with Crippen LogP contribution in [0.5, 0.6) is 5.75 Å². The first-order valence-corrected chi connectivity index (χ1v) is 14.7. The zero-order valence-corrected chi connectivity index (χ0v) is 22.5. The van der Waals surface area contributed by atoms with Gasteiger partial charge in [0.25, 0.3) is 10.0 Å². The van der Waals surface area contributed by atoms with Gasteiger partial charge in [-0.25, -0.2) is 17.4 Å². The van der Waals surface area contributed by atoms with Gasteiger partial charge in [-0.3, -0.25) is 0 Å². The number of nitriles is 1. The van der Waals surface area contributed by atoms with Gasteiger partial charge in [-0.05, 0) is 41.0 Å². The first-order valence-electron chi connectivity index (χ1n) is 11.3. The summed E-state index contributed by atoms with van der Waals surface area (Å²) in [6.45, 7) is 1.32. The van der Waals surface area contributed by atoms with Gasteiger partial charge >= 0.3 is 8.25 Å². The number of nitrogens with one attached hydrogen (secondary N) is 1. The van der Waals surface area contributed by atoms with Crippen molar-refractivity contribution in [2.45, 2.75) is 23.5 Å². The minimum Gasteiger partial charge on any atom is -0.566 e. The Morgan fingerprint density at radius 1 is 1.15 bits per heavy atom. The fraction of sp³-hybridized carbons (Fsp3) is 0.167. The molecule has 0 saturated carbocycles. The summed E-state index contributed by atoms with van der Waals surface area (Å²) in [6, 6.07) is 17.4. The molecule has 11 nitrogen and oxygen atoms in total. The van der Waals surface area contributed by atoms with Gasteiger partial charge < -0.3 is 9.63 Å². The average Bonchev–Trinajstić information content (AvgIpc) is 3.43. The molecule has 0 saturated heterocycles. The second-order valence-electron chi connectivity index (χ2n) is 7.89. The molecule has 4 aromatic rings. The second kappa shape index (κ2) is 12.9. The Morgan fingerprint density at radius 3 is 2.56 bits per heavy atom. The first-order chi connectivity index (χ1) is 18.7. The highest BCUT2D eigenvalue weighted by atomic mass is 32.2. The monoisotopic (exact) mass is 588 g/mol. The maximum absolute atomic E-state index is 14.0. The summed E-state index contributed by atoms with van der Waals surface area (Å²) in [6.07, 6.45) is 2.97. The largest absolute Gasteiger partial charge is 0.566 e. The number of hydrogen-bond acceptors (Lipinski definition) is 10. The number of hydrogen-bond donors (Lipinski definition) is 1. The molecule has 4 rings (SSSR count). The molecule has 15 heteroatoms. The summed E-state index contributed by atoms with van der Waals surface area (Å²) >= 11 is 0.743. The number of aryl methyl sites for hydroxylation is 1. The quantitative estimate of drug-likeness (QED) is 0.114. The van der Waals surface area contributed by atoms with Gasteiger partial charge in [0.1, 0.15) is 22.6 Å². The number of aromatic nitrogens is 3. The third-order valence-electron chi connectivity index (χ3n) is 5.21. The van der Waals surface area contributed by atoms with Crippen molar-refractivity contribution in [2.24, 2.45) is 0 Å². The second-order valence-corrected chi connectivity index (χ2v) is 11.4. The topological polar surface area (TPSA) is 158 Å². The van der Waals surface area contributed by atoms with E-state index in [2.05, 4.69) is 19.3 Å². The van der Waals surface area contributed by atoms with Crippen LogP contribution in [0.4, 0.5) is 4.39 Å². The number of sulfonamides is 1. The van der Waals surface area contributed by atoms with Gasteiger partial charge in [0, 0.05) is 29.7 Å². The molecule has 2 atom stereocenters. The van der Waals surface area contributed by atoms with Crippen molar-refractivity contribution in [2.75, 3.05) is 6.61 Å². The molecule has 2 heterocycles. The fourth-order valence-corrected chi connectivity index (χ4v) is 5.90. The SMILES string of the molecule is N#Cc1ccc(C(NS(=O)(=O)c2nnc(-c3ccc(OCCC[n+]4ccccc4)cc3)s2)O[P+](=O)[O-])cc1F. The van der Waals surface area contributed by atoms with Gasteiger partial charge in [-0.15, -0.1) is 14.7 Å². The highest BCUT2D eigenvalue weighted by molar-refractivity contribution is 7.91. The van der Waals surface area contributed by atoms with Crippen LogP contribution in [-0.2, 0) is 25.7 Å². The summed E-state index contributed by atoms with van der Waals surface area (Å²) in [7, 11) is -7.94. The molecule has 0 amide bonds. The lowest BCUT2D eigenvalue weighted by Gasteiger charge is -2.13. The third kappa shape index (κ3) is 7.67. The smallest absolute Gasteiger partial charge is 0.490 e. The van der Waals surface area contributed by atoms with E-state index in [0.717, 1.165) is 36.4 Å². The highest BCUT2D eigenvalue weighted by Gasteiger charge is 2.30. The number of pyridine rings is 1. The minimum atomic E-state index is -4.43. The van der Waals surface area contributed by atoms with Crippen LogP contribution in [0.25, 0.3) is 10.6 Å². The van der Waals surface area contributed by atoms with E-state index in [1.807, 2.05) is 35.3 Å². The molecule has 2 aromatic heterocycles. The van der Waals surface area contributed by atoms with Gasteiger partial charge in [-0.1, -0.05) is 23.5 Å². The molecule has 200 valence electrons. The van der Waals surface area contributed by atoms with Crippen molar-refractivity contribution in [1.82, 2.24) is 14.9 Å². The van der Waals surface area contributed by atoms with Gasteiger partial charge in [-0.2, -0.15) is 9.98 Å². The third-order valence-corrected chi connectivity index (χ3v) is 8.34. The maximum atomic E-state index is 14.0. The number of benzene rings is 2. The van der Waals surface area contributed by atoms with Crippen LogP contribution in [0.15, 0.2) is 77.4 Å². The zero-order chi connectivity index (χ0) is 27.8. The van der Waals surface area contributed by atoms with Gasteiger partial charge in [0.05, 0.1) is 12.2 Å². The standard InChI is InChI=1S/C24H20FN5O6PS2/c25-21-15-18(5-6-19(21)16-26)22(36-37(31)32)29-39(33,34)24-28-27-23(38-24)17-7-9-20(10-8-17)35-14-4-13-30-11-2-1-3-12-30/h1-3,5-12,15,22,29H,4,13-14H2/q+1. The van der Waals surface area contributed by atoms with Crippen LogP contribution in [0.3, 0.4) is 0 Å². The van der Waals surface area contributed by atoms with Crippen molar-refractivity contribution >= 4 is 29.6 Å². The minimum absolute atomic E-state index is 0.169. The number of halogens is 1. The Balaban J connectivity index is 1.41. The molecule has 0 aliphatic carbocycles. The molecule has 1 N–H and O–H groups in total. The fourth-order valence-electron chi connectivity index (χ4n) is 3.36. The predicted octanol–water partition coefficient (Wildman–Crippen LogP) is 2.98. The Hall–Kier alpha value is -3.70. The van der Waals surface area contributed by atoms with E-state index >= 15 is 0 Å². The lowest BCUT2D eigenvalue weighted by molar-refractivity contribution is -0.697. The summed E-state index contributed by atoms with van der Waals surface area (Å²) in [5.41, 5.74) is 0.117. The highest BCUT2D eigenvalue weighted by Crippen LogP contribution is 2.31. The van der Waals surface area contributed by atoms with Gasteiger partial charge in [0.2, 0.25) is 10.6 Å². The zero-order valence-electron chi connectivity index (χ0n) is 20.0. The number of ether oxygens (including phenoxy) is 1. The average molecular weight is 589 g/mol. The van der Waals surface area contributed by atoms with Gasteiger partial charge in [0.15, 0.2) is 18.9 Å². The molecule has 0 aliphatic rings. The molecule has 2 unspecified atom stereocenters. The Labute approximate surface area is 228 Å². The van der Waals surface area contributed by atoms with E-state index in [9.17, 15) is 22.3 Å². The normalized spacial score (nSPS) is 12.5. The first kappa shape index (κ1) is 28.3. The van der Waals surface area contributed by atoms with Crippen LogP contribution < -0.4 is 18.9 Å². The van der Waals surface area contributed by atoms with E-state index in [4.69, 9.17) is 10.00 Å². The molecule has 0 bridgehead atoms. The Bertz CT molecular complexity index is 1600. The van der Waals surface area contributed by atoms with Crippen LogP contribution in [0.2, 0.25) is 0 Å². The van der Waals surface area contributed by atoms with Crippen LogP contribution in [0.1, 0.15) is 23.8 Å². The van der Waals surface area contributed by atoms with E-state index in [-0.39, 0.29) is 11.1 Å². The Morgan fingerprint density at radius 2 is 1.90 bits per heavy atom. The lowest BCUT2D eigenvalue weighted by atomic mass is 10.1. The molecule has 0 fully saturated rings. The summed E-state index contributed by atoms with van der Waals surface area (Å²) < 4.78 is 65.1. The van der Waals surface area contributed by atoms with Crippen LogP contribution in [0, 0.1) is 17.1 Å². The van der Waals surface area contributed by atoms with Crippen molar-refractivity contribution in [3.05, 3.63) is 90.0 Å². The van der Waals surface area contributed by atoms with Crippen molar-refractivity contribution in [3.8, 4) is 22.4 Å². The molecule has 0 radical (unpaired) electrons. The van der Waals surface area contributed by atoms with E-state index in [0.29, 0.717) is 22.9 Å². The maximum Gasteiger partial charge on any atom is 0.490 e. The summed E-state index contributed by atoms with van der Waals surface area (Å²) in [5, 5.41) is 16.8. The van der Waals surface area contributed by atoms with Crippen molar-refractivity contribution in [3.63, 3.8) is 0 Å². The van der Waals surface area contributed by atoms with E-state index in [1.165, 1.54) is 6.07 Å². The molecule has 39 heavy (non-hydrogen) atoms. The lowest BCUT2D eigenvalue weighted by Crippen LogP contribution is -2.33. The summed E-state index contributed by atoms with van der Waals surface area (Å²) in [5.74, 6) is -0.332. The predicted molar refractivity (Wildman–Crippen MR) is 135 cm³/mol. The summed E-state index contributed by atoms with van der Waals surface area (Å²) in [4.78, 5) is 11.2. The van der Waals surface area contributed by atoms with E-state index in [1.54, 1.807) is 30.3 Å².